The molecule has 1 unspecified atom stereocenters. The van der Waals surface area contributed by atoms with Crippen molar-refractivity contribution in [1.29, 1.82) is 0 Å². The first kappa shape index (κ1) is 20.2. The summed E-state index contributed by atoms with van der Waals surface area (Å²) in [7, 11) is 0. The molecular weight excluding hydrogens is 376 g/mol. The summed E-state index contributed by atoms with van der Waals surface area (Å²) >= 11 is 5.94. The highest BCUT2D eigenvalue weighted by Crippen LogP contribution is 2.22. The first-order valence-corrected chi connectivity index (χ1v) is 9.90. The zero-order chi connectivity index (χ0) is 20.1. The topological polar surface area (TPSA) is 58.6 Å². The number of benzene rings is 2. The van der Waals surface area contributed by atoms with Crippen LogP contribution in [0.4, 0.5) is 0 Å². The third kappa shape index (κ3) is 5.04. The van der Waals surface area contributed by atoms with Crippen LogP contribution in [0.15, 0.2) is 42.5 Å². The second-order valence-corrected chi connectivity index (χ2v) is 7.52. The highest BCUT2D eigenvalue weighted by Gasteiger charge is 2.19. The van der Waals surface area contributed by atoms with Crippen molar-refractivity contribution in [2.75, 3.05) is 13.1 Å². The van der Waals surface area contributed by atoms with E-state index in [-0.39, 0.29) is 11.8 Å². The lowest BCUT2D eigenvalue weighted by Gasteiger charge is -2.17. The number of likely N-dealkylation sites (tertiary alicyclic amines) is 1. The fraction of sp³-hybridized carbons (Fsp3) is 0.364. The van der Waals surface area contributed by atoms with Crippen molar-refractivity contribution in [3.8, 4) is 5.75 Å². The number of rotatable bonds is 6. The Morgan fingerprint density at radius 1 is 1.14 bits per heavy atom. The van der Waals surface area contributed by atoms with Gasteiger partial charge in [0.1, 0.15) is 5.75 Å². The molecule has 0 spiro atoms. The average molecular weight is 401 g/mol. The Bertz CT molecular complexity index is 845. The Labute approximate surface area is 170 Å². The average Bonchev–Trinajstić information content (AvgIpc) is 3.23. The van der Waals surface area contributed by atoms with Gasteiger partial charge in [-0.25, -0.2) is 0 Å². The predicted octanol–water partition coefficient (Wildman–Crippen LogP) is 3.97. The molecule has 0 aromatic heterocycles. The lowest BCUT2D eigenvalue weighted by molar-refractivity contribution is -0.127. The van der Waals surface area contributed by atoms with E-state index < -0.39 is 6.10 Å². The molecule has 2 aromatic carbocycles. The van der Waals surface area contributed by atoms with Gasteiger partial charge in [0.15, 0.2) is 6.10 Å². The molecule has 0 aliphatic carbocycles. The van der Waals surface area contributed by atoms with Gasteiger partial charge in [0.25, 0.3) is 11.8 Å². The summed E-state index contributed by atoms with van der Waals surface area (Å²) in [6.45, 7) is 5.64. The van der Waals surface area contributed by atoms with E-state index in [0.29, 0.717) is 22.9 Å². The van der Waals surface area contributed by atoms with E-state index in [4.69, 9.17) is 16.3 Å². The van der Waals surface area contributed by atoms with Gasteiger partial charge in [-0.1, -0.05) is 23.7 Å². The van der Waals surface area contributed by atoms with Gasteiger partial charge in [-0.15, -0.1) is 0 Å². The largest absolute Gasteiger partial charge is 0.481 e. The van der Waals surface area contributed by atoms with Crippen LogP contribution in [0, 0.1) is 6.92 Å². The molecule has 1 aliphatic heterocycles. The van der Waals surface area contributed by atoms with Crippen molar-refractivity contribution in [3.05, 3.63) is 64.2 Å². The van der Waals surface area contributed by atoms with E-state index in [0.717, 1.165) is 37.1 Å². The van der Waals surface area contributed by atoms with Crippen LogP contribution in [0.25, 0.3) is 0 Å². The Morgan fingerprint density at radius 2 is 1.82 bits per heavy atom. The van der Waals surface area contributed by atoms with Crippen LogP contribution in [0.1, 0.15) is 41.3 Å². The SMILES string of the molecule is Cc1cc(Cl)ccc1OC(C)C(=O)NCc1ccc(C(=O)N2CCCC2)cc1. The molecule has 1 N–H and O–H groups in total. The van der Waals surface area contributed by atoms with E-state index in [9.17, 15) is 9.59 Å². The molecule has 0 saturated carbocycles. The standard InChI is InChI=1S/C22H25ClN2O3/c1-15-13-19(23)9-10-20(15)28-16(2)21(26)24-14-17-5-7-18(8-6-17)22(27)25-11-3-4-12-25/h5-10,13,16H,3-4,11-12,14H2,1-2H3,(H,24,26). The maximum atomic E-state index is 12.4. The Morgan fingerprint density at radius 3 is 2.46 bits per heavy atom. The molecule has 3 rings (SSSR count). The molecule has 5 nitrogen and oxygen atoms in total. The van der Waals surface area contributed by atoms with Crippen molar-refractivity contribution in [1.82, 2.24) is 10.2 Å². The minimum Gasteiger partial charge on any atom is -0.481 e. The van der Waals surface area contributed by atoms with Gasteiger partial charge in [-0.2, -0.15) is 0 Å². The summed E-state index contributed by atoms with van der Waals surface area (Å²) in [6.07, 6.45) is 1.52. The van der Waals surface area contributed by atoms with Gasteiger partial charge in [0, 0.05) is 30.2 Å². The molecule has 6 heteroatoms. The zero-order valence-electron chi connectivity index (χ0n) is 16.2. The fourth-order valence-electron chi connectivity index (χ4n) is 3.19. The lowest BCUT2D eigenvalue weighted by atomic mass is 10.1. The highest BCUT2D eigenvalue weighted by atomic mass is 35.5. The van der Waals surface area contributed by atoms with Crippen LogP contribution < -0.4 is 10.1 Å². The number of hydrogen-bond acceptors (Lipinski definition) is 3. The third-order valence-corrected chi connectivity index (χ3v) is 5.11. The molecule has 1 heterocycles. The first-order valence-electron chi connectivity index (χ1n) is 9.53. The smallest absolute Gasteiger partial charge is 0.261 e. The first-order chi connectivity index (χ1) is 13.4. The Hall–Kier alpha value is -2.53. The maximum Gasteiger partial charge on any atom is 0.261 e. The molecule has 0 radical (unpaired) electrons. The molecule has 1 saturated heterocycles. The van der Waals surface area contributed by atoms with Gasteiger partial charge < -0.3 is 15.0 Å². The predicted molar refractivity (Wildman–Crippen MR) is 110 cm³/mol. The molecule has 28 heavy (non-hydrogen) atoms. The summed E-state index contributed by atoms with van der Waals surface area (Å²) in [5.41, 5.74) is 2.50. The second kappa shape index (κ2) is 9.11. The number of ether oxygens (including phenoxy) is 1. The highest BCUT2D eigenvalue weighted by molar-refractivity contribution is 6.30. The molecule has 0 bridgehead atoms. The quantitative estimate of drug-likeness (QED) is 0.798. The third-order valence-electron chi connectivity index (χ3n) is 4.87. The van der Waals surface area contributed by atoms with Crippen molar-refractivity contribution in [3.63, 3.8) is 0 Å². The molecule has 2 amide bonds. The number of aryl methyl sites for hydroxylation is 1. The number of carbonyl (C=O) groups excluding carboxylic acids is 2. The zero-order valence-corrected chi connectivity index (χ0v) is 17.0. The van der Waals surface area contributed by atoms with Gasteiger partial charge in [-0.05, 0) is 68.1 Å². The van der Waals surface area contributed by atoms with E-state index in [1.165, 1.54) is 0 Å². The van der Waals surface area contributed by atoms with E-state index in [1.54, 1.807) is 25.1 Å². The Kier molecular flexibility index (Phi) is 6.57. The van der Waals surface area contributed by atoms with Crippen LogP contribution in [0.2, 0.25) is 5.02 Å². The van der Waals surface area contributed by atoms with E-state index in [2.05, 4.69) is 5.32 Å². The van der Waals surface area contributed by atoms with Gasteiger partial charge >= 0.3 is 0 Å². The fourth-order valence-corrected chi connectivity index (χ4v) is 3.42. The number of carbonyl (C=O) groups is 2. The number of nitrogens with one attached hydrogen (secondary N) is 1. The summed E-state index contributed by atoms with van der Waals surface area (Å²) in [5.74, 6) is 0.511. The van der Waals surface area contributed by atoms with Crippen LogP contribution in [-0.2, 0) is 11.3 Å². The summed E-state index contributed by atoms with van der Waals surface area (Å²) in [4.78, 5) is 26.6. The monoisotopic (exact) mass is 400 g/mol. The van der Waals surface area contributed by atoms with Gasteiger partial charge in [0.2, 0.25) is 0 Å². The van der Waals surface area contributed by atoms with Crippen molar-refractivity contribution < 1.29 is 14.3 Å². The minimum atomic E-state index is -0.629. The summed E-state index contributed by atoms with van der Waals surface area (Å²) in [5, 5.41) is 3.50. The van der Waals surface area contributed by atoms with Crippen molar-refractivity contribution >= 4 is 23.4 Å². The van der Waals surface area contributed by atoms with Gasteiger partial charge in [-0.3, -0.25) is 9.59 Å². The van der Waals surface area contributed by atoms with Crippen LogP contribution in [0.5, 0.6) is 5.75 Å². The normalized spacial score (nSPS) is 14.6. The van der Waals surface area contributed by atoms with E-state index in [1.807, 2.05) is 36.1 Å². The summed E-state index contributed by atoms with van der Waals surface area (Å²) < 4.78 is 5.74. The number of nitrogens with zero attached hydrogens (tertiary/aromatic N) is 1. The van der Waals surface area contributed by atoms with Crippen LogP contribution in [-0.4, -0.2) is 35.9 Å². The number of halogens is 1. The van der Waals surface area contributed by atoms with Gasteiger partial charge in [0.05, 0.1) is 0 Å². The lowest BCUT2D eigenvalue weighted by Crippen LogP contribution is -2.36. The molecule has 2 aromatic rings. The number of hydrogen-bond donors (Lipinski definition) is 1. The Balaban J connectivity index is 1.51. The molecule has 1 atom stereocenters. The number of amides is 2. The maximum absolute atomic E-state index is 12.4. The van der Waals surface area contributed by atoms with Crippen molar-refractivity contribution in [2.45, 2.75) is 39.3 Å². The molecule has 1 fully saturated rings. The van der Waals surface area contributed by atoms with E-state index >= 15 is 0 Å². The molecule has 1 aliphatic rings. The molecule has 148 valence electrons. The second-order valence-electron chi connectivity index (χ2n) is 7.08. The van der Waals surface area contributed by atoms with Crippen LogP contribution >= 0.6 is 11.6 Å². The molecular formula is C22H25ClN2O3. The minimum absolute atomic E-state index is 0.0773. The summed E-state index contributed by atoms with van der Waals surface area (Å²) in [6, 6.07) is 12.7. The van der Waals surface area contributed by atoms with Crippen molar-refractivity contribution in [2.24, 2.45) is 0 Å². The van der Waals surface area contributed by atoms with Crippen LogP contribution in [0.3, 0.4) is 0 Å².